The minimum absolute atomic E-state index is 0.0119. The number of benzene rings is 1. The molecule has 140 valence electrons. The molecule has 0 aliphatic heterocycles. The monoisotopic (exact) mass is 385 g/mol. The van der Waals surface area contributed by atoms with Gasteiger partial charge in [-0.05, 0) is 59.0 Å². The number of hydrogen-bond acceptors (Lipinski definition) is 7. The lowest BCUT2D eigenvalue weighted by Gasteiger charge is -2.10. The second-order valence-corrected chi connectivity index (χ2v) is 6.77. The number of amides is 3. The van der Waals surface area contributed by atoms with E-state index < -0.39 is 11.9 Å². The van der Waals surface area contributed by atoms with E-state index in [1.807, 2.05) is 42.6 Å². The van der Waals surface area contributed by atoms with E-state index in [0.29, 0.717) is 6.54 Å². The van der Waals surface area contributed by atoms with Crippen molar-refractivity contribution >= 4 is 29.0 Å². The molecule has 3 aromatic rings. The molecule has 2 aromatic heterocycles. The van der Waals surface area contributed by atoms with Gasteiger partial charge >= 0.3 is 6.03 Å². The van der Waals surface area contributed by atoms with Crippen molar-refractivity contribution in [1.82, 2.24) is 30.8 Å². The Morgan fingerprint density at radius 1 is 1.26 bits per heavy atom. The maximum Gasteiger partial charge on any atom is 0.321 e. The Bertz CT molecular complexity index is 894. The van der Waals surface area contributed by atoms with E-state index in [9.17, 15) is 9.59 Å². The summed E-state index contributed by atoms with van der Waals surface area (Å²) in [6, 6.07) is 9.02. The van der Waals surface area contributed by atoms with Gasteiger partial charge in [-0.3, -0.25) is 10.1 Å². The van der Waals surface area contributed by atoms with Gasteiger partial charge in [0.15, 0.2) is 0 Å². The third-order valence-electron chi connectivity index (χ3n) is 3.74. The Labute approximate surface area is 159 Å². The van der Waals surface area contributed by atoms with Crippen molar-refractivity contribution in [3.8, 4) is 5.69 Å². The molecule has 3 N–H and O–H groups in total. The van der Waals surface area contributed by atoms with E-state index in [1.54, 1.807) is 16.0 Å². The fourth-order valence-electron chi connectivity index (χ4n) is 2.45. The normalized spacial score (nSPS) is 10.4. The van der Waals surface area contributed by atoms with E-state index in [4.69, 9.17) is 0 Å². The lowest BCUT2D eigenvalue weighted by molar-refractivity contribution is -0.118. The van der Waals surface area contributed by atoms with Crippen molar-refractivity contribution in [3.63, 3.8) is 0 Å². The van der Waals surface area contributed by atoms with Crippen LogP contribution in [0.2, 0.25) is 0 Å². The SMILES string of the molecule is Cc1cc(NCC(=O)NC(=O)NCCc2cccs2)ccc1-n1cnnn1. The summed E-state index contributed by atoms with van der Waals surface area (Å²) in [6.45, 7) is 2.39. The molecule has 0 aliphatic carbocycles. The van der Waals surface area contributed by atoms with Gasteiger partial charge < -0.3 is 10.6 Å². The molecule has 2 heterocycles. The Morgan fingerprint density at radius 3 is 2.85 bits per heavy atom. The van der Waals surface area contributed by atoms with Gasteiger partial charge in [0.25, 0.3) is 0 Å². The maximum absolute atomic E-state index is 11.9. The van der Waals surface area contributed by atoms with Crippen LogP contribution in [0.1, 0.15) is 10.4 Å². The third kappa shape index (κ3) is 5.35. The summed E-state index contributed by atoms with van der Waals surface area (Å²) in [5.41, 5.74) is 2.55. The number of anilines is 1. The number of rotatable bonds is 7. The number of nitrogens with zero attached hydrogens (tertiary/aromatic N) is 4. The number of aryl methyl sites for hydroxylation is 1. The van der Waals surface area contributed by atoms with Crippen LogP contribution in [-0.2, 0) is 11.2 Å². The van der Waals surface area contributed by atoms with Gasteiger partial charge in [0, 0.05) is 17.1 Å². The molecule has 0 bridgehead atoms. The molecule has 0 fully saturated rings. The van der Waals surface area contributed by atoms with Crippen LogP contribution in [0.3, 0.4) is 0 Å². The molecule has 0 aliphatic rings. The minimum atomic E-state index is -0.497. The van der Waals surface area contributed by atoms with Crippen LogP contribution in [0.4, 0.5) is 10.5 Å². The molecule has 0 radical (unpaired) electrons. The van der Waals surface area contributed by atoms with Crippen LogP contribution in [0.5, 0.6) is 0 Å². The first-order valence-electron chi connectivity index (χ1n) is 8.30. The van der Waals surface area contributed by atoms with E-state index in [2.05, 4.69) is 31.5 Å². The highest BCUT2D eigenvalue weighted by Crippen LogP contribution is 2.17. The number of imide groups is 1. The Hall–Kier alpha value is -3.27. The predicted molar refractivity (Wildman–Crippen MR) is 102 cm³/mol. The smallest absolute Gasteiger partial charge is 0.321 e. The zero-order chi connectivity index (χ0) is 19.1. The van der Waals surface area contributed by atoms with E-state index in [1.165, 1.54) is 11.2 Å². The lowest BCUT2D eigenvalue weighted by atomic mass is 10.2. The highest BCUT2D eigenvalue weighted by molar-refractivity contribution is 7.09. The summed E-state index contributed by atoms with van der Waals surface area (Å²) in [5, 5.41) is 21.0. The number of nitrogens with one attached hydrogen (secondary N) is 3. The van der Waals surface area contributed by atoms with Crippen molar-refractivity contribution in [1.29, 1.82) is 0 Å². The molecular formula is C17H19N7O2S. The average Bonchev–Trinajstić information content (AvgIpc) is 3.34. The molecule has 10 heteroatoms. The zero-order valence-corrected chi connectivity index (χ0v) is 15.5. The summed E-state index contributed by atoms with van der Waals surface area (Å²) < 4.78 is 1.56. The zero-order valence-electron chi connectivity index (χ0n) is 14.7. The van der Waals surface area contributed by atoms with Crippen LogP contribution < -0.4 is 16.0 Å². The standard InChI is InChI=1S/C17H19N7O2S/c1-12-9-13(4-5-15(12)24-11-20-22-23-24)19-10-16(25)21-17(26)18-7-6-14-3-2-8-27-14/h2-5,8-9,11,19H,6-7,10H2,1H3,(H2,18,21,25,26). The van der Waals surface area contributed by atoms with Gasteiger partial charge in [-0.25, -0.2) is 9.48 Å². The molecule has 9 nitrogen and oxygen atoms in total. The first-order valence-corrected chi connectivity index (χ1v) is 9.18. The highest BCUT2D eigenvalue weighted by atomic mass is 32.1. The number of carbonyl (C=O) groups excluding carboxylic acids is 2. The van der Waals surface area contributed by atoms with Crippen LogP contribution in [0.15, 0.2) is 42.0 Å². The fourth-order valence-corrected chi connectivity index (χ4v) is 3.15. The Kier molecular flexibility index (Phi) is 6.10. The lowest BCUT2D eigenvalue weighted by Crippen LogP contribution is -2.42. The predicted octanol–water partition coefficient (Wildman–Crippen LogP) is 1.51. The molecule has 0 saturated carbocycles. The minimum Gasteiger partial charge on any atom is -0.376 e. The summed E-state index contributed by atoms with van der Waals surface area (Å²) in [6.07, 6.45) is 2.25. The maximum atomic E-state index is 11.9. The first-order chi connectivity index (χ1) is 13.1. The third-order valence-corrected chi connectivity index (χ3v) is 4.67. The average molecular weight is 385 g/mol. The molecule has 0 saturated heterocycles. The Balaban J connectivity index is 1.42. The van der Waals surface area contributed by atoms with E-state index in [0.717, 1.165) is 23.4 Å². The first kappa shape index (κ1) is 18.5. The molecular weight excluding hydrogens is 366 g/mol. The quantitative estimate of drug-likeness (QED) is 0.568. The number of hydrogen-bond donors (Lipinski definition) is 3. The molecule has 0 unspecified atom stereocenters. The van der Waals surface area contributed by atoms with E-state index >= 15 is 0 Å². The highest BCUT2D eigenvalue weighted by Gasteiger charge is 2.08. The molecule has 27 heavy (non-hydrogen) atoms. The van der Waals surface area contributed by atoms with Crippen LogP contribution >= 0.6 is 11.3 Å². The molecule has 0 spiro atoms. The largest absolute Gasteiger partial charge is 0.376 e. The molecule has 0 atom stereocenters. The summed E-state index contributed by atoms with van der Waals surface area (Å²) in [4.78, 5) is 24.8. The molecule has 3 amide bonds. The van der Waals surface area contributed by atoms with Gasteiger partial charge in [-0.1, -0.05) is 6.07 Å². The van der Waals surface area contributed by atoms with Crippen molar-refractivity contribution in [2.45, 2.75) is 13.3 Å². The summed E-state index contributed by atoms with van der Waals surface area (Å²) in [5.74, 6) is -0.411. The number of thiophene rings is 1. The number of carbonyl (C=O) groups is 2. The van der Waals surface area contributed by atoms with Crippen molar-refractivity contribution in [3.05, 3.63) is 52.5 Å². The number of aromatic nitrogens is 4. The van der Waals surface area contributed by atoms with Crippen LogP contribution in [-0.4, -0.2) is 45.2 Å². The van der Waals surface area contributed by atoms with E-state index in [-0.39, 0.29) is 6.54 Å². The second kappa shape index (κ2) is 8.90. The Morgan fingerprint density at radius 2 is 2.15 bits per heavy atom. The molecule has 3 rings (SSSR count). The van der Waals surface area contributed by atoms with Crippen molar-refractivity contribution in [2.75, 3.05) is 18.4 Å². The van der Waals surface area contributed by atoms with Crippen molar-refractivity contribution < 1.29 is 9.59 Å². The van der Waals surface area contributed by atoms with Gasteiger partial charge in [0.1, 0.15) is 6.33 Å². The number of tetrazole rings is 1. The molecule has 1 aromatic carbocycles. The van der Waals surface area contributed by atoms with Gasteiger partial charge in [-0.15, -0.1) is 16.4 Å². The second-order valence-electron chi connectivity index (χ2n) is 5.74. The topological polar surface area (TPSA) is 114 Å². The summed E-state index contributed by atoms with van der Waals surface area (Å²) in [7, 11) is 0. The van der Waals surface area contributed by atoms with Crippen LogP contribution in [0.25, 0.3) is 5.69 Å². The van der Waals surface area contributed by atoms with Gasteiger partial charge in [0.05, 0.1) is 12.2 Å². The number of urea groups is 1. The van der Waals surface area contributed by atoms with Crippen LogP contribution in [0, 0.1) is 6.92 Å². The fraction of sp³-hybridized carbons (Fsp3) is 0.235. The van der Waals surface area contributed by atoms with Crippen molar-refractivity contribution in [2.24, 2.45) is 0 Å². The summed E-state index contributed by atoms with van der Waals surface area (Å²) >= 11 is 1.63. The van der Waals surface area contributed by atoms with Gasteiger partial charge in [0.2, 0.25) is 5.91 Å². The van der Waals surface area contributed by atoms with Gasteiger partial charge in [-0.2, -0.15) is 0 Å².